The smallest absolute Gasteiger partial charge is 0.170 e. The molecule has 2 N–H and O–H groups in total. The molecule has 0 spiro atoms. The van der Waals surface area contributed by atoms with Crippen LogP contribution in [0.3, 0.4) is 0 Å². The minimum absolute atomic E-state index is 0.189. The summed E-state index contributed by atoms with van der Waals surface area (Å²) in [6.07, 6.45) is 1.11. The first kappa shape index (κ1) is 19.3. The SMILES string of the molecule is CCC(C)(C)c1ccc(Oc2ccc(NC(=S)NC(C)C)cc2)cc1. The molecule has 0 aromatic heterocycles. The van der Waals surface area contributed by atoms with E-state index >= 15 is 0 Å². The molecule has 0 radical (unpaired) electrons. The van der Waals surface area contributed by atoms with Crippen LogP contribution in [-0.4, -0.2) is 11.2 Å². The van der Waals surface area contributed by atoms with E-state index in [-0.39, 0.29) is 5.41 Å². The summed E-state index contributed by atoms with van der Waals surface area (Å²) in [6, 6.07) is 16.4. The predicted molar refractivity (Wildman–Crippen MR) is 111 cm³/mol. The van der Waals surface area contributed by atoms with Crippen LogP contribution >= 0.6 is 12.2 Å². The van der Waals surface area contributed by atoms with Gasteiger partial charge in [0.05, 0.1) is 0 Å². The summed E-state index contributed by atoms with van der Waals surface area (Å²) in [5, 5.41) is 6.94. The fourth-order valence-electron chi connectivity index (χ4n) is 2.35. The van der Waals surface area contributed by atoms with E-state index < -0.39 is 0 Å². The van der Waals surface area contributed by atoms with Gasteiger partial charge >= 0.3 is 0 Å². The van der Waals surface area contributed by atoms with Crippen LogP contribution in [0.1, 0.15) is 46.6 Å². The molecule has 0 saturated carbocycles. The third-order valence-corrected chi connectivity index (χ3v) is 4.51. The number of hydrogen-bond donors (Lipinski definition) is 2. The number of thiocarbonyl (C=S) groups is 1. The summed E-state index contributed by atoms with van der Waals surface area (Å²) in [5.74, 6) is 1.64. The van der Waals surface area contributed by atoms with Crippen molar-refractivity contribution >= 4 is 23.0 Å². The quantitative estimate of drug-likeness (QED) is 0.635. The van der Waals surface area contributed by atoms with Gasteiger partial charge in [0.25, 0.3) is 0 Å². The molecule has 0 aliphatic rings. The Balaban J connectivity index is 1.98. The normalized spacial score (nSPS) is 11.3. The molecule has 3 nitrogen and oxygen atoms in total. The van der Waals surface area contributed by atoms with Crippen molar-refractivity contribution in [1.29, 1.82) is 0 Å². The molecule has 0 aliphatic heterocycles. The fourth-order valence-corrected chi connectivity index (χ4v) is 2.70. The van der Waals surface area contributed by atoms with Crippen LogP contribution in [0.15, 0.2) is 48.5 Å². The first-order valence-electron chi connectivity index (χ1n) is 8.76. The second-order valence-electron chi connectivity index (χ2n) is 7.14. The van der Waals surface area contributed by atoms with E-state index in [0.29, 0.717) is 11.2 Å². The molecule has 134 valence electrons. The van der Waals surface area contributed by atoms with Crippen molar-refractivity contribution in [3.8, 4) is 11.5 Å². The molecule has 0 aliphatic carbocycles. The number of benzene rings is 2. The molecule has 25 heavy (non-hydrogen) atoms. The van der Waals surface area contributed by atoms with Crippen molar-refractivity contribution in [1.82, 2.24) is 5.32 Å². The van der Waals surface area contributed by atoms with Gasteiger partial charge in [-0.3, -0.25) is 0 Å². The molecule has 0 heterocycles. The molecule has 0 saturated heterocycles. The summed E-state index contributed by atoms with van der Waals surface area (Å²) < 4.78 is 5.93. The summed E-state index contributed by atoms with van der Waals surface area (Å²) in [6.45, 7) is 10.8. The number of hydrogen-bond acceptors (Lipinski definition) is 2. The van der Waals surface area contributed by atoms with Gasteiger partial charge in [0.2, 0.25) is 0 Å². The maximum atomic E-state index is 5.93. The Kier molecular flexibility index (Phi) is 6.43. The van der Waals surface area contributed by atoms with E-state index in [0.717, 1.165) is 23.6 Å². The second-order valence-corrected chi connectivity index (χ2v) is 7.55. The summed E-state index contributed by atoms with van der Waals surface area (Å²) in [4.78, 5) is 0. The van der Waals surface area contributed by atoms with Crippen LogP contribution < -0.4 is 15.4 Å². The average Bonchev–Trinajstić information content (AvgIpc) is 2.56. The minimum atomic E-state index is 0.189. The molecule has 4 heteroatoms. The summed E-state index contributed by atoms with van der Waals surface area (Å²) >= 11 is 5.25. The highest BCUT2D eigenvalue weighted by Gasteiger charge is 2.17. The van der Waals surface area contributed by atoms with Gasteiger partial charge in [-0.15, -0.1) is 0 Å². The van der Waals surface area contributed by atoms with E-state index in [2.05, 4.69) is 57.4 Å². The third kappa shape index (κ3) is 5.75. The van der Waals surface area contributed by atoms with Crippen LogP contribution in [0, 0.1) is 0 Å². The van der Waals surface area contributed by atoms with Crippen molar-refractivity contribution in [3.63, 3.8) is 0 Å². The first-order valence-corrected chi connectivity index (χ1v) is 9.17. The minimum Gasteiger partial charge on any atom is -0.457 e. The van der Waals surface area contributed by atoms with Gasteiger partial charge in [-0.1, -0.05) is 32.9 Å². The van der Waals surface area contributed by atoms with Crippen molar-refractivity contribution < 1.29 is 4.74 Å². The van der Waals surface area contributed by atoms with Gasteiger partial charge in [-0.2, -0.15) is 0 Å². The van der Waals surface area contributed by atoms with Crippen LogP contribution in [0.5, 0.6) is 11.5 Å². The molecular formula is C21H28N2OS. The number of ether oxygens (including phenoxy) is 1. The molecular weight excluding hydrogens is 328 g/mol. The van der Waals surface area contributed by atoms with Crippen LogP contribution in [0.4, 0.5) is 5.69 Å². The van der Waals surface area contributed by atoms with Gasteiger partial charge in [-0.25, -0.2) is 0 Å². The van der Waals surface area contributed by atoms with Gasteiger partial charge in [-0.05, 0) is 79.9 Å². The molecule has 2 aromatic rings. The van der Waals surface area contributed by atoms with Crippen LogP contribution in [-0.2, 0) is 5.41 Å². The Morgan fingerprint density at radius 3 is 2.00 bits per heavy atom. The predicted octanol–water partition coefficient (Wildman–Crippen LogP) is 5.86. The third-order valence-electron chi connectivity index (χ3n) is 4.29. The maximum Gasteiger partial charge on any atom is 0.170 e. The van der Waals surface area contributed by atoms with Crippen LogP contribution in [0.25, 0.3) is 0 Å². The zero-order valence-electron chi connectivity index (χ0n) is 15.7. The largest absolute Gasteiger partial charge is 0.457 e. The van der Waals surface area contributed by atoms with Crippen molar-refractivity contribution in [2.45, 2.75) is 52.5 Å². The maximum absolute atomic E-state index is 5.93. The Morgan fingerprint density at radius 2 is 1.52 bits per heavy atom. The summed E-state index contributed by atoms with van der Waals surface area (Å²) in [7, 11) is 0. The molecule has 0 atom stereocenters. The van der Waals surface area contributed by atoms with Crippen molar-refractivity contribution in [2.75, 3.05) is 5.32 Å². The molecule has 0 amide bonds. The fraction of sp³-hybridized carbons (Fsp3) is 0.381. The average molecular weight is 357 g/mol. The number of anilines is 1. The standard InChI is InChI=1S/C21H28N2OS/c1-6-21(4,5)16-7-11-18(12-8-16)24-19-13-9-17(10-14-19)23-20(25)22-15(2)3/h7-15H,6H2,1-5H3,(H2,22,23,25). The zero-order valence-corrected chi connectivity index (χ0v) is 16.5. The topological polar surface area (TPSA) is 33.3 Å². The van der Waals surface area contributed by atoms with Gasteiger partial charge in [0.15, 0.2) is 5.11 Å². The van der Waals surface area contributed by atoms with Gasteiger partial charge in [0, 0.05) is 11.7 Å². The Hall–Kier alpha value is -2.07. The monoisotopic (exact) mass is 356 g/mol. The zero-order chi connectivity index (χ0) is 18.4. The molecule has 2 rings (SSSR count). The van der Waals surface area contributed by atoms with Crippen LogP contribution in [0.2, 0.25) is 0 Å². The lowest BCUT2D eigenvalue weighted by Crippen LogP contribution is -2.33. The van der Waals surface area contributed by atoms with E-state index in [1.807, 2.05) is 36.4 Å². The van der Waals surface area contributed by atoms with Crippen molar-refractivity contribution in [3.05, 3.63) is 54.1 Å². The number of rotatable bonds is 6. The van der Waals surface area contributed by atoms with E-state index in [4.69, 9.17) is 17.0 Å². The Morgan fingerprint density at radius 1 is 1.00 bits per heavy atom. The van der Waals surface area contributed by atoms with Gasteiger partial charge in [0.1, 0.15) is 11.5 Å². The lowest BCUT2D eigenvalue weighted by molar-refractivity contribution is 0.478. The molecule has 0 bridgehead atoms. The Bertz CT molecular complexity index is 691. The van der Waals surface area contributed by atoms with E-state index in [1.165, 1.54) is 5.56 Å². The van der Waals surface area contributed by atoms with E-state index in [1.54, 1.807) is 0 Å². The first-order chi connectivity index (χ1) is 11.8. The molecule has 0 unspecified atom stereocenters. The Labute approximate surface area is 156 Å². The second kappa shape index (κ2) is 8.34. The molecule has 0 fully saturated rings. The highest BCUT2D eigenvalue weighted by Crippen LogP contribution is 2.29. The van der Waals surface area contributed by atoms with Gasteiger partial charge < -0.3 is 15.4 Å². The lowest BCUT2D eigenvalue weighted by Gasteiger charge is -2.23. The highest BCUT2D eigenvalue weighted by atomic mass is 32.1. The molecule has 2 aromatic carbocycles. The summed E-state index contributed by atoms with van der Waals surface area (Å²) in [5.41, 5.74) is 2.45. The lowest BCUT2D eigenvalue weighted by atomic mass is 9.82. The number of nitrogens with one attached hydrogen (secondary N) is 2. The van der Waals surface area contributed by atoms with Crippen molar-refractivity contribution in [2.24, 2.45) is 0 Å². The van der Waals surface area contributed by atoms with E-state index in [9.17, 15) is 0 Å². The highest BCUT2D eigenvalue weighted by molar-refractivity contribution is 7.80.